The zero-order valence-electron chi connectivity index (χ0n) is 7.84. The molecule has 7 nitrogen and oxygen atoms in total. The molecule has 1 aliphatic heterocycles. The van der Waals surface area contributed by atoms with E-state index in [0.29, 0.717) is 0 Å². The average Bonchev–Trinajstić information content (AvgIpc) is 2.18. The number of hydrogen-bond acceptors (Lipinski definition) is 5. The summed E-state index contributed by atoms with van der Waals surface area (Å²) in [5.74, 6) is -1.46. The summed E-state index contributed by atoms with van der Waals surface area (Å²) in [6.07, 6.45) is -1.12. The standard InChI is InChI=1S/C8H12N2O5/c9-7(13)2-10-8(14)6-1-4(11)5(12)3-15-6/h1,4-5,11-12H,2-3H2,(H2,9,13)(H,10,14). The molecule has 0 saturated carbocycles. The van der Waals surface area contributed by atoms with Crippen molar-refractivity contribution in [2.24, 2.45) is 5.73 Å². The predicted octanol–water partition coefficient (Wildman–Crippen LogP) is -2.78. The molecule has 0 aromatic rings. The molecule has 0 aromatic carbocycles. The molecule has 2 amide bonds. The minimum absolute atomic E-state index is 0.131. The average molecular weight is 216 g/mol. The van der Waals surface area contributed by atoms with Crippen LogP contribution >= 0.6 is 0 Å². The fourth-order valence-electron chi connectivity index (χ4n) is 0.984. The molecule has 5 N–H and O–H groups in total. The third-order valence-corrected chi connectivity index (χ3v) is 1.77. The van der Waals surface area contributed by atoms with Crippen LogP contribution in [-0.2, 0) is 14.3 Å². The summed E-state index contributed by atoms with van der Waals surface area (Å²) in [6, 6.07) is 0. The van der Waals surface area contributed by atoms with Gasteiger partial charge in [-0.1, -0.05) is 0 Å². The van der Waals surface area contributed by atoms with Gasteiger partial charge in [0.05, 0.1) is 6.54 Å². The maximum atomic E-state index is 11.2. The number of primary amides is 1. The van der Waals surface area contributed by atoms with Gasteiger partial charge in [-0.25, -0.2) is 0 Å². The zero-order valence-corrected chi connectivity index (χ0v) is 7.84. The Morgan fingerprint density at radius 1 is 1.60 bits per heavy atom. The first-order chi connectivity index (χ1) is 7.00. The third kappa shape index (κ3) is 3.22. The number of carbonyl (C=O) groups is 2. The summed E-state index contributed by atoms with van der Waals surface area (Å²) in [5.41, 5.74) is 4.82. The van der Waals surface area contributed by atoms with Gasteiger partial charge in [0, 0.05) is 0 Å². The van der Waals surface area contributed by atoms with Crippen LogP contribution in [0.4, 0.5) is 0 Å². The number of nitrogens with one attached hydrogen (secondary N) is 1. The van der Waals surface area contributed by atoms with Crippen molar-refractivity contribution < 1.29 is 24.5 Å². The lowest BCUT2D eigenvalue weighted by atomic mass is 10.1. The second-order valence-electron chi connectivity index (χ2n) is 3.05. The Kier molecular flexibility index (Phi) is 3.64. The van der Waals surface area contributed by atoms with E-state index in [-0.39, 0.29) is 18.9 Å². The van der Waals surface area contributed by atoms with E-state index >= 15 is 0 Å². The molecule has 0 spiro atoms. The van der Waals surface area contributed by atoms with Gasteiger partial charge in [0.2, 0.25) is 5.91 Å². The summed E-state index contributed by atoms with van der Waals surface area (Å²) in [5, 5.41) is 20.5. The molecule has 1 rings (SSSR count). The van der Waals surface area contributed by atoms with Gasteiger partial charge in [0.1, 0.15) is 18.8 Å². The van der Waals surface area contributed by atoms with Crippen molar-refractivity contribution in [2.45, 2.75) is 12.2 Å². The Morgan fingerprint density at radius 3 is 2.80 bits per heavy atom. The molecule has 0 saturated heterocycles. The number of nitrogens with two attached hydrogens (primary N) is 1. The topological polar surface area (TPSA) is 122 Å². The normalized spacial score (nSPS) is 25.1. The SMILES string of the molecule is NC(=O)CNC(=O)C1=CC(O)C(O)CO1. The molecule has 84 valence electrons. The molecule has 0 fully saturated rings. The van der Waals surface area contributed by atoms with Crippen molar-refractivity contribution in [3.8, 4) is 0 Å². The lowest BCUT2D eigenvalue weighted by Crippen LogP contribution is -2.39. The van der Waals surface area contributed by atoms with Crippen LogP contribution in [0.25, 0.3) is 0 Å². The van der Waals surface area contributed by atoms with Crippen LogP contribution in [0, 0.1) is 0 Å². The molecule has 0 aromatic heterocycles. The van der Waals surface area contributed by atoms with Gasteiger partial charge >= 0.3 is 0 Å². The van der Waals surface area contributed by atoms with Gasteiger partial charge in [-0.2, -0.15) is 0 Å². The van der Waals surface area contributed by atoms with Crippen molar-refractivity contribution in [3.63, 3.8) is 0 Å². The number of aliphatic hydroxyl groups is 2. The van der Waals surface area contributed by atoms with Gasteiger partial charge in [0.15, 0.2) is 5.76 Å². The summed E-state index contributed by atoms with van der Waals surface area (Å²) >= 11 is 0. The van der Waals surface area contributed by atoms with E-state index in [4.69, 9.17) is 15.6 Å². The van der Waals surface area contributed by atoms with Gasteiger partial charge in [0.25, 0.3) is 5.91 Å². The Morgan fingerprint density at radius 2 is 2.27 bits per heavy atom. The van der Waals surface area contributed by atoms with E-state index in [9.17, 15) is 14.7 Å². The highest BCUT2D eigenvalue weighted by atomic mass is 16.5. The largest absolute Gasteiger partial charge is 0.485 e. The Bertz CT molecular complexity index is 301. The lowest BCUT2D eigenvalue weighted by Gasteiger charge is -2.22. The zero-order chi connectivity index (χ0) is 11.4. The van der Waals surface area contributed by atoms with Crippen LogP contribution in [-0.4, -0.2) is 47.4 Å². The molecule has 2 atom stereocenters. The quantitative estimate of drug-likeness (QED) is 0.406. The highest BCUT2D eigenvalue weighted by Crippen LogP contribution is 2.11. The van der Waals surface area contributed by atoms with Gasteiger partial charge in [-0.3, -0.25) is 9.59 Å². The maximum absolute atomic E-state index is 11.2. The summed E-state index contributed by atoms with van der Waals surface area (Å²) in [7, 11) is 0. The fourth-order valence-corrected chi connectivity index (χ4v) is 0.984. The van der Waals surface area contributed by atoms with E-state index in [1.807, 2.05) is 0 Å². The molecule has 1 heterocycles. The molecule has 7 heteroatoms. The highest BCUT2D eigenvalue weighted by molar-refractivity contribution is 5.94. The van der Waals surface area contributed by atoms with Gasteiger partial charge in [-0.05, 0) is 6.08 Å². The summed E-state index contributed by atoms with van der Waals surface area (Å²) in [4.78, 5) is 21.6. The molecule has 2 unspecified atom stereocenters. The van der Waals surface area contributed by atoms with Crippen molar-refractivity contribution in [2.75, 3.05) is 13.2 Å². The smallest absolute Gasteiger partial charge is 0.286 e. The van der Waals surface area contributed by atoms with Crippen molar-refractivity contribution in [1.29, 1.82) is 0 Å². The van der Waals surface area contributed by atoms with Crippen LogP contribution in [0.1, 0.15) is 0 Å². The Hall–Kier alpha value is -1.60. The molecule has 0 aliphatic carbocycles. The van der Waals surface area contributed by atoms with E-state index in [1.54, 1.807) is 0 Å². The Labute approximate surface area is 85.5 Å². The van der Waals surface area contributed by atoms with Crippen LogP contribution in [0.5, 0.6) is 0 Å². The first-order valence-electron chi connectivity index (χ1n) is 4.28. The van der Waals surface area contributed by atoms with Crippen LogP contribution in [0.15, 0.2) is 11.8 Å². The minimum atomic E-state index is -1.15. The summed E-state index contributed by atoms with van der Waals surface area (Å²) < 4.78 is 4.84. The predicted molar refractivity (Wildman–Crippen MR) is 48.3 cm³/mol. The third-order valence-electron chi connectivity index (χ3n) is 1.77. The number of aliphatic hydroxyl groups excluding tert-OH is 2. The Balaban J connectivity index is 2.53. The van der Waals surface area contributed by atoms with E-state index in [0.717, 1.165) is 6.08 Å². The van der Waals surface area contributed by atoms with Crippen molar-refractivity contribution in [3.05, 3.63) is 11.8 Å². The number of ether oxygens (including phenoxy) is 1. The first-order valence-corrected chi connectivity index (χ1v) is 4.28. The highest BCUT2D eigenvalue weighted by Gasteiger charge is 2.25. The maximum Gasteiger partial charge on any atom is 0.286 e. The number of rotatable bonds is 3. The van der Waals surface area contributed by atoms with E-state index < -0.39 is 24.0 Å². The van der Waals surface area contributed by atoms with E-state index in [1.165, 1.54) is 0 Å². The minimum Gasteiger partial charge on any atom is -0.485 e. The molecule has 0 bridgehead atoms. The molecular formula is C8H12N2O5. The molecule has 1 aliphatic rings. The first kappa shape index (κ1) is 11.5. The van der Waals surface area contributed by atoms with Crippen LogP contribution in [0.2, 0.25) is 0 Å². The lowest BCUT2D eigenvalue weighted by molar-refractivity contribution is -0.126. The van der Waals surface area contributed by atoms with Crippen molar-refractivity contribution >= 4 is 11.8 Å². The van der Waals surface area contributed by atoms with Crippen molar-refractivity contribution in [1.82, 2.24) is 5.32 Å². The number of amides is 2. The van der Waals surface area contributed by atoms with Crippen LogP contribution in [0.3, 0.4) is 0 Å². The second kappa shape index (κ2) is 4.76. The van der Waals surface area contributed by atoms with Crippen LogP contribution < -0.4 is 11.1 Å². The number of hydrogen-bond donors (Lipinski definition) is 4. The fraction of sp³-hybridized carbons (Fsp3) is 0.500. The monoisotopic (exact) mass is 216 g/mol. The molecule has 0 radical (unpaired) electrons. The number of carbonyl (C=O) groups excluding carboxylic acids is 2. The van der Waals surface area contributed by atoms with Gasteiger partial charge < -0.3 is 26.0 Å². The second-order valence-corrected chi connectivity index (χ2v) is 3.05. The molecular weight excluding hydrogens is 204 g/mol. The molecule has 15 heavy (non-hydrogen) atoms. The van der Waals surface area contributed by atoms with E-state index in [2.05, 4.69) is 5.32 Å². The summed E-state index contributed by atoms with van der Waals surface area (Å²) in [6.45, 7) is -0.477. The van der Waals surface area contributed by atoms with Gasteiger partial charge in [-0.15, -0.1) is 0 Å².